The van der Waals surface area contributed by atoms with Crippen molar-refractivity contribution in [1.29, 1.82) is 0 Å². The number of amides is 1. The number of nitrogens with one attached hydrogen (secondary N) is 2. The van der Waals surface area contributed by atoms with Crippen molar-refractivity contribution in [1.82, 2.24) is 15.5 Å². The fourth-order valence-electron chi connectivity index (χ4n) is 3.67. The zero-order valence-corrected chi connectivity index (χ0v) is 15.6. The van der Waals surface area contributed by atoms with E-state index in [9.17, 15) is 4.79 Å². The van der Waals surface area contributed by atoms with Crippen LogP contribution in [0.5, 0.6) is 0 Å². The molecule has 1 aliphatic heterocycles. The summed E-state index contributed by atoms with van der Waals surface area (Å²) in [6.45, 7) is 3.97. The van der Waals surface area contributed by atoms with Crippen LogP contribution in [0.25, 0.3) is 0 Å². The SMILES string of the molecule is CCC(CCNC(=NC)NC1CCC(SC)C1)N1CCCC1=O. The number of guanidine groups is 1. The van der Waals surface area contributed by atoms with Crippen LogP contribution in [0.2, 0.25) is 0 Å². The largest absolute Gasteiger partial charge is 0.356 e. The number of hydrogen-bond acceptors (Lipinski definition) is 3. The van der Waals surface area contributed by atoms with Crippen molar-refractivity contribution in [2.45, 2.75) is 69.2 Å². The average Bonchev–Trinajstić information content (AvgIpc) is 3.19. The maximum atomic E-state index is 11.9. The molecule has 5 nitrogen and oxygen atoms in total. The lowest BCUT2D eigenvalue weighted by molar-refractivity contribution is -0.129. The van der Waals surface area contributed by atoms with Gasteiger partial charge in [-0.25, -0.2) is 0 Å². The summed E-state index contributed by atoms with van der Waals surface area (Å²) in [5.41, 5.74) is 0. The molecule has 0 bridgehead atoms. The van der Waals surface area contributed by atoms with Gasteiger partial charge in [-0.2, -0.15) is 11.8 Å². The van der Waals surface area contributed by atoms with Gasteiger partial charge in [0.05, 0.1) is 0 Å². The van der Waals surface area contributed by atoms with E-state index < -0.39 is 0 Å². The number of aliphatic imine (C=N–C) groups is 1. The van der Waals surface area contributed by atoms with Crippen LogP contribution in [-0.4, -0.2) is 60.5 Å². The first-order valence-electron chi connectivity index (χ1n) is 8.97. The Morgan fingerprint density at radius 2 is 2.30 bits per heavy atom. The smallest absolute Gasteiger partial charge is 0.222 e. The van der Waals surface area contributed by atoms with Crippen LogP contribution in [0, 0.1) is 0 Å². The van der Waals surface area contributed by atoms with Crippen molar-refractivity contribution < 1.29 is 4.79 Å². The molecule has 6 heteroatoms. The van der Waals surface area contributed by atoms with Gasteiger partial charge < -0.3 is 15.5 Å². The van der Waals surface area contributed by atoms with E-state index in [1.54, 1.807) is 0 Å². The molecule has 132 valence electrons. The number of thioether (sulfide) groups is 1. The van der Waals surface area contributed by atoms with E-state index in [2.05, 4.69) is 33.7 Å². The third-order valence-electron chi connectivity index (χ3n) is 5.07. The predicted octanol–water partition coefficient (Wildman–Crippen LogP) is 2.23. The zero-order chi connectivity index (χ0) is 16.7. The van der Waals surface area contributed by atoms with Crippen LogP contribution < -0.4 is 10.6 Å². The van der Waals surface area contributed by atoms with Crippen LogP contribution in [-0.2, 0) is 4.79 Å². The first-order chi connectivity index (χ1) is 11.2. The van der Waals surface area contributed by atoms with Gasteiger partial charge in [0.2, 0.25) is 5.91 Å². The fraction of sp³-hybridized carbons (Fsp3) is 0.882. The Bertz CT molecular complexity index is 415. The minimum absolute atomic E-state index is 0.327. The van der Waals surface area contributed by atoms with Crippen molar-refractivity contribution in [3.05, 3.63) is 0 Å². The second-order valence-electron chi connectivity index (χ2n) is 6.55. The van der Waals surface area contributed by atoms with Gasteiger partial charge in [-0.15, -0.1) is 0 Å². The number of rotatable bonds is 7. The second-order valence-corrected chi connectivity index (χ2v) is 7.69. The molecule has 23 heavy (non-hydrogen) atoms. The van der Waals surface area contributed by atoms with E-state index in [4.69, 9.17) is 0 Å². The lowest BCUT2D eigenvalue weighted by atomic mass is 10.1. The normalized spacial score (nSPS) is 26.7. The molecule has 0 aromatic carbocycles. The summed E-state index contributed by atoms with van der Waals surface area (Å²) in [5.74, 6) is 1.23. The second kappa shape index (κ2) is 9.40. The first kappa shape index (κ1) is 18.4. The lowest BCUT2D eigenvalue weighted by Crippen LogP contribution is -2.44. The highest BCUT2D eigenvalue weighted by molar-refractivity contribution is 7.99. The minimum Gasteiger partial charge on any atom is -0.356 e. The molecule has 1 amide bonds. The number of nitrogens with zero attached hydrogens (tertiary/aromatic N) is 2. The summed E-state index contributed by atoms with van der Waals surface area (Å²) in [4.78, 5) is 18.3. The van der Waals surface area contributed by atoms with Gasteiger partial charge in [0.25, 0.3) is 0 Å². The average molecular weight is 341 g/mol. The summed E-state index contributed by atoms with van der Waals surface area (Å²) in [5, 5.41) is 7.76. The van der Waals surface area contributed by atoms with Crippen LogP contribution in [0.3, 0.4) is 0 Å². The number of carbonyl (C=O) groups is 1. The van der Waals surface area contributed by atoms with E-state index in [1.807, 2.05) is 18.8 Å². The molecule has 3 atom stereocenters. The third-order valence-corrected chi connectivity index (χ3v) is 6.17. The van der Waals surface area contributed by atoms with Crippen LogP contribution >= 0.6 is 11.8 Å². The van der Waals surface area contributed by atoms with Gasteiger partial charge in [0.15, 0.2) is 5.96 Å². The molecule has 1 aliphatic carbocycles. The fourth-order valence-corrected chi connectivity index (χ4v) is 4.46. The maximum Gasteiger partial charge on any atom is 0.222 e. The van der Waals surface area contributed by atoms with Crippen molar-refractivity contribution in [3.8, 4) is 0 Å². The van der Waals surface area contributed by atoms with Crippen molar-refractivity contribution in [2.24, 2.45) is 4.99 Å². The van der Waals surface area contributed by atoms with Crippen molar-refractivity contribution in [3.63, 3.8) is 0 Å². The Labute approximate surface area is 145 Å². The molecule has 2 rings (SSSR count). The number of hydrogen-bond donors (Lipinski definition) is 2. The molecule has 1 saturated heterocycles. The highest BCUT2D eigenvalue weighted by Crippen LogP contribution is 2.28. The van der Waals surface area contributed by atoms with E-state index >= 15 is 0 Å². The van der Waals surface area contributed by atoms with Gasteiger partial charge >= 0.3 is 0 Å². The van der Waals surface area contributed by atoms with Crippen molar-refractivity contribution >= 4 is 23.6 Å². The Morgan fingerprint density at radius 3 is 2.87 bits per heavy atom. The van der Waals surface area contributed by atoms with E-state index in [-0.39, 0.29) is 0 Å². The van der Waals surface area contributed by atoms with E-state index in [0.717, 1.165) is 50.0 Å². The van der Waals surface area contributed by atoms with E-state index in [1.165, 1.54) is 19.3 Å². The maximum absolute atomic E-state index is 11.9. The molecule has 0 aromatic rings. The van der Waals surface area contributed by atoms with E-state index in [0.29, 0.717) is 18.0 Å². The summed E-state index contributed by atoms with van der Waals surface area (Å²) in [6, 6.07) is 0.906. The molecule has 2 fully saturated rings. The standard InChI is InChI=1S/C17H32N4OS/c1-4-14(21-11-5-6-16(21)22)9-10-19-17(18-2)20-13-7-8-15(12-13)23-3/h13-15H,4-12H2,1-3H3,(H2,18,19,20). The van der Waals surface area contributed by atoms with Crippen LogP contribution in [0.1, 0.15) is 51.9 Å². The molecule has 1 saturated carbocycles. The molecule has 3 unspecified atom stereocenters. The molecule has 0 spiro atoms. The Kier molecular flexibility index (Phi) is 7.53. The Hall–Kier alpha value is -0.910. The summed E-state index contributed by atoms with van der Waals surface area (Å²) in [6.07, 6.45) is 9.71. The first-order valence-corrected chi connectivity index (χ1v) is 10.3. The molecule has 2 aliphatic rings. The highest BCUT2D eigenvalue weighted by Gasteiger charge is 2.27. The molecule has 0 radical (unpaired) electrons. The van der Waals surface area contributed by atoms with Gasteiger partial charge in [-0.1, -0.05) is 6.92 Å². The Morgan fingerprint density at radius 1 is 1.48 bits per heavy atom. The number of carbonyl (C=O) groups excluding carboxylic acids is 1. The molecular weight excluding hydrogens is 308 g/mol. The Balaban J connectivity index is 1.71. The topological polar surface area (TPSA) is 56.7 Å². The minimum atomic E-state index is 0.327. The van der Waals surface area contributed by atoms with Gasteiger partial charge in [-0.05, 0) is 44.8 Å². The molecular formula is C17H32N4OS. The molecule has 2 N–H and O–H groups in total. The highest BCUT2D eigenvalue weighted by atomic mass is 32.2. The molecule has 0 aromatic heterocycles. The summed E-state index contributed by atoms with van der Waals surface area (Å²) >= 11 is 1.97. The van der Waals surface area contributed by atoms with Crippen molar-refractivity contribution in [2.75, 3.05) is 26.4 Å². The predicted molar refractivity (Wildman–Crippen MR) is 99.1 cm³/mol. The third kappa shape index (κ3) is 5.30. The zero-order valence-electron chi connectivity index (χ0n) is 14.8. The monoisotopic (exact) mass is 340 g/mol. The quantitative estimate of drug-likeness (QED) is 0.551. The van der Waals surface area contributed by atoms with Crippen LogP contribution in [0.4, 0.5) is 0 Å². The van der Waals surface area contributed by atoms with Gasteiger partial charge in [-0.3, -0.25) is 9.79 Å². The lowest BCUT2D eigenvalue weighted by Gasteiger charge is -2.27. The van der Waals surface area contributed by atoms with Crippen LogP contribution in [0.15, 0.2) is 4.99 Å². The van der Waals surface area contributed by atoms with Gasteiger partial charge in [0, 0.05) is 43.9 Å². The summed E-state index contributed by atoms with van der Waals surface area (Å²) < 4.78 is 0. The summed E-state index contributed by atoms with van der Waals surface area (Å²) in [7, 11) is 1.83. The number of likely N-dealkylation sites (tertiary alicyclic amines) is 1. The molecule has 1 heterocycles. The van der Waals surface area contributed by atoms with Gasteiger partial charge in [0.1, 0.15) is 0 Å².